The lowest BCUT2D eigenvalue weighted by molar-refractivity contribution is -0.111. The molecule has 1 amide bonds. The Hall–Kier alpha value is -3.62. The van der Waals surface area contributed by atoms with Crippen molar-refractivity contribution in [3.8, 4) is 0 Å². The fraction of sp³-hybridized carbons (Fsp3) is 0.125. The van der Waals surface area contributed by atoms with Crippen molar-refractivity contribution >= 4 is 28.7 Å². The summed E-state index contributed by atoms with van der Waals surface area (Å²) in [5.74, 6) is -0.451. The smallest absolute Gasteiger partial charge is 0.322 e. The molecule has 0 aliphatic rings. The van der Waals surface area contributed by atoms with Crippen molar-refractivity contribution in [1.82, 2.24) is 19.1 Å². The highest BCUT2D eigenvalue weighted by Crippen LogP contribution is 2.14. The average Bonchev–Trinajstić information content (AvgIpc) is 2.94. The second-order valence-electron chi connectivity index (χ2n) is 5.50. The molecule has 3 aromatic rings. The Morgan fingerprint density at radius 1 is 1.12 bits per heavy atom. The standard InChI is InChI=1S/C16H15N5O4/c1-20-8-9(14(23)21(2)16(20)25)3-6-13(22)17-10-4-5-11-12(7-10)19-15(24)18-11/h3-8H,1-2H3,(H,17,22)(H2,18,19,24). The fourth-order valence-corrected chi connectivity index (χ4v) is 2.41. The summed E-state index contributed by atoms with van der Waals surface area (Å²) in [5.41, 5.74) is 0.643. The van der Waals surface area contributed by atoms with Gasteiger partial charge in [0, 0.05) is 32.1 Å². The van der Waals surface area contributed by atoms with Gasteiger partial charge in [0.05, 0.1) is 16.6 Å². The van der Waals surface area contributed by atoms with Gasteiger partial charge in [0.25, 0.3) is 5.56 Å². The van der Waals surface area contributed by atoms with Crippen LogP contribution in [0.15, 0.2) is 44.9 Å². The molecule has 2 heterocycles. The van der Waals surface area contributed by atoms with E-state index in [0.717, 1.165) is 4.57 Å². The predicted molar refractivity (Wildman–Crippen MR) is 93.5 cm³/mol. The maximum Gasteiger partial charge on any atom is 0.330 e. The Kier molecular flexibility index (Phi) is 3.97. The second-order valence-corrected chi connectivity index (χ2v) is 5.50. The summed E-state index contributed by atoms with van der Waals surface area (Å²) >= 11 is 0. The molecule has 0 saturated carbocycles. The molecule has 0 saturated heterocycles. The van der Waals surface area contributed by atoms with Crippen LogP contribution in [-0.2, 0) is 18.9 Å². The van der Waals surface area contributed by atoms with Crippen molar-refractivity contribution < 1.29 is 4.79 Å². The molecule has 0 unspecified atom stereocenters. The summed E-state index contributed by atoms with van der Waals surface area (Å²) in [7, 11) is 2.89. The molecule has 0 bridgehead atoms. The normalized spacial score (nSPS) is 11.3. The first-order chi connectivity index (χ1) is 11.8. The van der Waals surface area contributed by atoms with Crippen LogP contribution in [0.5, 0.6) is 0 Å². The quantitative estimate of drug-likeness (QED) is 0.576. The number of aromatic amines is 2. The zero-order valence-corrected chi connectivity index (χ0v) is 13.5. The number of nitrogens with zero attached hydrogens (tertiary/aromatic N) is 2. The summed E-state index contributed by atoms with van der Waals surface area (Å²) in [6.45, 7) is 0. The van der Waals surface area contributed by atoms with Gasteiger partial charge < -0.3 is 19.9 Å². The van der Waals surface area contributed by atoms with Gasteiger partial charge >= 0.3 is 11.4 Å². The number of imidazole rings is 1. The number of fused-ring (bicyclic) bond motifs is 1. The third-order valence-corrected chi connectivity index (χ3v) is 3.67. The summed E-state index contributed by atoms with van der Waals surface area (Å²) in [6.07, 6.45) is 3.91. The molecule has 0 spiro atoms. The molecule has 25 heavy (non-hydrogen) atoms. The van der Waals surface area contributed by atoms with E-state index >= 15 is 0 Å². The van der Waals surface area contributed by atoms with Crippen molar-refractivity contribution in [2.75, 3.05) is 5.32 Å². The number of carbonyl (C=O) groups is 1. The van der Waals surface area contributed by atoms with E-state index in [1.54, 1.807) is 18.2 Å². The summed E-state index contributed by atoms with van der Waals surface area (Å²) in [4.78, 5) is 52.1. The van der Waals surface area contributed by atoms with Gasteiger partial charge in [-0.25, -0.2) is 9.59 Å². The SMILES string of the molecule is Cn1cc(C=CC(=O)Nc2ccc3[nH]c(=O)[nH]c3c2)c(=O)n(C)c1=O. The van der Waals surface area contributed by atoms with Crippen LogP contribution in [-0.4, -0.2) is 25.0 Å². The van der Waals surface area contributed by atoms with Gasteiger partial charge in [0.2, 0.25) is 5.91 Å². The first-order valence-corrected chi connectivity index (χ1v) is 7.33. The van der Waals surface area contributed by atoms with E-state index in [1.165, 1.54) is 37.0 Å². The van der Waals surface area contributed by atoms with E-state index in [1.807, 2.05) is 0 Å². The molecule has 9 nitrogen and oxygen atoms in total. The van der Waals surface area contributed by atoms with Crippen LogP contribution in [0.25, 0.3) is 17.1 Å². The van der Waals surface area contributed by atoms with Gasteiger partial charge in [-0.1, -0.05) is 0 Å². The number of hydrogen-bond acceptors (Lipinski definition) is 4. The highest BCUT2D eigenvalue weighted by Gasteiger charge is 2.05. The maximum absolute atomic E-state index is 12.0. The number of H-pyrrole nitrogens is 2. The van der Waals surface area contributed by atoms with Crippen molar-refractivity contribution in [2.24, 2.45) is 14.1 Å². The largest absolute Gasteiger partial charge is 0.330 e. The number of anilines is 1. The van der Waals surface area contributed by atoms with E-state index in [9.17, 15) is 19.2 Å². The Bertz CT molecular complexity index is 1180. The number of aromatic nitrogens is 4. The molecule has 0 aliphatic carbocycles. The lowest BCUT2D eigenvalue weighted by Crippen LogP contribution is -2.37. The molecular formula is C16H15N5O4. The van der Waals surface area contributed by atoms with Gasteiger partial charge in [-0.3, -0.25) is 14.2 Å². The zero-order valence-electron chi connectivity index (χ0n) is 13.5. The molecule has 1 aromatic carbocycles. The number of nitrogens with one attached hydrogen (secondary N) is 3. The minimum absolute atomic E-state index is 0.213. The highest BCUT2D eigenvalue weighted by atomic mass is 16.2. The Morgan fingerprint density at radius 2 is 1.84 bits per heavy atom. The van der Waals surface area contributed by atoms with Gasteiger partial charge in [-0.2, -0.15) is 0 Å². The molecule has 128 valence electrons. The molecule has 0 atom stereocenters. The van der Waals surface area contributed by atoms with Crippen LogP contribution >= 0.6 is 0 Å². The van der Waals surface area contributed by atoms with Gasteiger partial charge in [0.15, 0.2) is 0 Å². The molecular weight excluding hydrogens is 326 g/mol. The molecule has 0 radical (unpaired) electrons. The fourth-order valence-electron chi connectivity index (χ4n) is 2.41. The van der Waals surface area contributed by atoms with Crippen molar-refractivity contribution in [2.45, 2.75) is 0 Å². The van der Waals surface area contributed by atoms with E-state index in [2.05, 4.69) is 15.3 Å². The van der Waals surface area contributed by atoms with Crippen LogP contribution in [0, 0.1) is 0 Å². The number of rotatable bonds is 3. The summed E-state index contributed by atoms with van der Waals surface area (Å²) in [6, 6.07) is 4.92. The summed E-state index contributed by atoms with van der Waals surface area (Å²) in [5, 5.41) is 2.63. The first kappa shape index (κ1) is 16.2. The number of hydrogen-bond donors (Lipinski definition) is 3. The van der Waals surface area contributed by atoms with E-state index in [-0.39, 0.29) is 11.3 Å². The maximum atomic E-state index is 12.0. The Labute approximate surface area is 140 Å². The predicted octanol–water partition coefficient (Wildman–Crippen LogP) is -0.0945. The number of carbonyl (C=O) groups excluding carboxylic acids is 1. The second kappa shape index (κ2) is 6.11. The average molecular weight is 341 g/mol. The lowest BCUT2D eigenvalue weighted by Gasteiger charge is -2.04. The Balaban J connectivity index is 1.82. The first-order valence-electron chi connectivity index (χ1n) is 7.33. The van der Waals surface area contributed by atoms with Crippen molar-refractivity contribution in [3.05, 3.63) is 67.4 Å². The van der Waals surface area contributed by atoms with Crippen LogP contribution in [0.3, 0.4) is 0 Å². The minimum Gasteiger partial charge on any atom is -0.322 e. The molecule has 3 N–H and O–H groups in total. The Morgan fingerprint density at radius 3 is 2.60 bits per heavy atom. The van der Waals surface area contributed by atoms with Gasteiger partial charge in [-0.05, 0) is 24.3 Å². The van der Waals surface area contributed by atoms with Gasteiger partial charge in [-0.15, -0.1) is 0 Å². The lowest BCUT2D eigenvalue weighted by atomic mass is 10.2. The molecule has 0 aliphatic heterocycles. The molecule has 0 fully saturated rings. The molecule has 3 rings (SSSR count). The topological polar surface area (TPSA) is 122 Å². The van der Waals surface area contributed by atoms with Crippen LogP contribution in [0.2, 0.25) is 0 Å². The third-order valence-electron chi connectivity index (χ3n) is 3.67. The zero-order chi connectivity index (χ0) is 18.1. The summed E-state index contributed by atoms with van der Waals surface area (Å²) < 4.78 is 2.23. The monoisotopic (exact) mass is 341 g/mol. The highest BCUT2D eigenvalue weighted by molar-refractivity contribution is 6.02. The molecule has 9 heteroatoms. The number of amides is 1. The van der Waals surface area contributed by atoms with Crippen LogP contribution in [0.1, 0.15) is 5.56 Å². The van der Waals surface area contributed by atoms with Crippen LogP contribution in [0.4, 0.5) is 5.69 Å². The van der Waals surface area contributed by atoms with Crippen molar-refractivity contribution in [3.63, 3.8) is 0 Å². The number of aryl methyl sites for hydroxylation is 1. The van der Waals surface area contributed by atoms with Gasteiger partial charge in [0.1, 0.15) is 0 Å². The third kappa shape index (κ3) is 3.20. The molecule has 2 aromatic heterocycles. The van der Waals surface area contributed by atoms with E-state index < -0.39 is 17.2 Å². The van der Waals surface area contributed by atoms with E-state index in [4.69, 9.17) is 0 Å². The van der Waals surface area contributed by atoms with Crippen LogP contribution < -0.4 is 22.3 Å². The van der Waals surface area contributed by atoms with E-state index in [0.29, 0.717) is 16.7 Å². The minimum atomic E-state index is -0.488. The number of benzene rings is 1. The van der Waals surface area contributed by atoms with Crippen molar-refractivity contribution in [1.29, 1.82) is 0 Å².